The van der Waals surface area contributed by atoms with Crippen molar-refractivity contribution in [1.82, 2.24) is 10.2 Å². The Morgan fingerprint density at radius 2 is 2.10 bits per heavy atom. The van der Waals surface area contributed by atoms with E-state index in [1.54, 1.807) is 31.0 Å². The van der Waals surface area contributed by atoms with Gasteiger partial charge in [-0.15, -0.1) is 0 Å². The Morgan fingerprint density at radius 1 is 1.41 bits per heavy atom. The van der Waals surface area contributed by atoms with Gasteiger partial charge in [-0.2, -0.15) is 0 Å². The van der Waals surface area contributed by atoms with Gasteiger partial charge < -0.3 is 20.1 Å². The molecule has 0 aliphatic carbocycles. The maximum atomic E-state index is 12.3. The third kappa shape index (κ3) is 5.83. The normalized spacial score (nSPS) is 17.2. The fourth-order valence-corrected chi connectivity index (χ4v) is 3.87. The number of carbonyl (C=O) groups excluding carboxylic acids is 1. The summed E-state index contributed by atoms with van der Waals surface area (Å²) in [5.74, 6) is 0.187. The molecule has 0 aromatic heterocycles. The Morgan fingerprint density at radius 3 is 2.69 bits per heavy atom. The minimum Gasteiger partial charge on any atom is -0.492 e. The van der Waals surface area contributed by atoms with Gasteiger partial charge in [0.2, 0.25) is 10.9 Å². The van der Waals surface area contributed by atoms with E-state index < -0.39 is 16.5 Å². The minimum absolute atomic E-state index is 0.0329. The van der Waals surface area contributed by atoms with Gasteiger partial charge in [0.15, 0.2) is 0 Å². The van der Waals surface area contributed by atoms with Crippen LogP contribution >= 0.6 is 0 Å². The summed E-state index contributed by atoms with van der Waals surface area (Å²) < 4.78 is 30.8. The molecule has 1 amide bonds. The van der Waals surface area contributed by atoms with Crippen LogP contribution in [0.4, 0.5) is 5.69 Å². The van der Waals surface area contributed by atoms with Crippen LogP contribution in [0.15, 0.2) is 12.1 Å². The number of aliphatic hydroxyl groups is 1. The second-order valence-corrected chi connectivity index (χ2v) is 8.49. The van der Waals surface area contributed by atoms with Crippen molar-refractivity contribution < 1.29 is 23.1 Å². The number of nitrogens with one attached hydrogen (secondary N) is 3. The fraction of sp³-hybridized carbons (Fsp3) is 0.579. The topological polar surface area (TPSA) is 132 Å². The Balaban J connectivity index is 2.19. The van der Waals surface area contributed by atoms with Crippen molar-refractivity contribution in [2.75, 3.05) is 31.5 Å². The van der Waals surface area contributed by atoms with E-state index in [1.165, 1.54) is 13.8 Å². The maximum absolute atomic E-state index is 12.3. The van der Waals surface area contributed by atoms with Crippen molar-refractivity contribution in [2.45, 2.75) is 39.2 Å². The number of rotatable bonds is 7. The molecule has 9 nitrogen and oxygen atoms in total. The number of anilines is 1. The number of benzene rings is 1. The Bertz CT molecular complexity index is 840. The first kappa shape index (κ1) is 23.0. The lowest BCUT2D eigenvalue weighted by Crippen LogP contribution is -2.49. The second kappa shape index (κ2) is 9.45. The number of piperidine rings is 1. The molecule has 0 radical (unpaired) electrons. The van der Waals surface area contributed by atoms with Gasteiger partial charge >= 0.3 is 0 Å². The highest BCUT2D eigenvalue weighted by atomic mass is 32.2. The standard InChI is InChI=1S/C19H30N4O5S/c1-12-7-8-14(15(17(20)21-4)16(12)22-29(26)27)28-11-13-6-5-9-23(10-13)18(24)19(2,3)25/h7-8,13,25,29H,5-6,9-11H2,1-4H3,(H2,20,21)(H,22,26,27)/t13-/m0/s1. The van der Waals surface area contributed by atoms with E-state index in [-0.39, 0.29) is 17.7 Å². The Kier molecular flexibility index (Phi) is 7.48. The molecular weight excluding hydrogens is 396 g/mol. The number of thiol groups is 1. The van der Waals surface area contributed by atoms with Crippen molar-refractivity contribution in [3.63, 3.8) is 0 Å². The monoisotopic (exact) mass is 426 g/mol. The fourth-order valence-electron chi connectivity index (χ4n) is 3.40. The van der Waals surface area contributed by atoms with Crippen LogP contribution in [0.5, 0.6) is 5.75 Å². The summed E-state index contributed by atoms with van der Waals surface area (Å²) >= 11 is 0. The van der Waals surface area contributed by atoms with Crippen molar-refractivity contribution in [1.29, 1.82) is 5.41 Å². The van der Waals surface area contributed by atoms with Gasteiger partial charge in [0.1, 0.15) is 17.2 Å². The first-order chi connectivity index (χ1) is 13.5. The van der Waals surface area contributed by atoms with Gasteiger partial charge in [-0.25, -0.2) is 8.42 Å². The van der Waals surface area contributed by atoms with Crippen LogP contribution in [-0.4, -0.2) is 62.5 Å². The van der Waals surface area contributed by atoms with Crippen LogP contribution in [0.1, 0.15) is 37.8 Å². The molecule has 10 heteroatoms. The van der Waals surface area contributed by atoms with E-state index in [0.29, 0.717) is 42.3 Å². The van der Waals surface area contributed by atoms with Gasteiger partial charge in [0, 0.05) is 26.1 Å². The van der Waals surface area contributed by atoms with E-state index in [4.69, 9.17) is 10.1 Å². The predicted molar refractivity (Wildman–Crippen MR) is 112 cm³/mol. The van der Waals surface area contributed by atoms with Crippen LogP contribution in [0, 0.1) is 18.3 Å². The summed E-state index contributed by atoms with van der Waals surface area (Å²) in [5, 5.41) is 20.9. The highest BCUT2D eigenvalue weighted by Gasteiger charge is 2.33. The first-order valence-corrected chi connectivity index (χ1v) is 10.7. The molecule has 1 atom stereocenters. The van der Waals surface area contributed by atoms with Crippen LogP contribution < -0.4 is 14.8 Å². The maximum Gasteiger partial charge on any atom is 0.253 e. The lowest BCUT2D eigenvalue weighted by molar-refractivity contribution is -0.149. The quantitative estimate of drug-likeness (QED) is 0.250. The first-order valence-electron chi connectivity index (χ1n) is 9.50. The van der Waals surface area contributed by atoms with E-state index in [0.717, 1.165) is 12.8 Å². The van der Waals surface area contributed by atoms with Crippen molar-refractivity contribution >= 4 is 28.3 Å². The summed E-state index contributed by atoms with van der Waals surface area (Å²) in [7, 11) is -1.32. The molecule has 1 aromatic carbocycles. The van der Waals surface area contributed by atoms with Crippen LogP contribution in [0.2, 0.25) is 0 Å². The molecule has 1 heterocycles. The van der Waals surface area contributed by atoms with Gasteiger partial charge in [0.25, 0.3) is 5.91 Å². The summed E-state index contributed by atoms with van der Waals surface area (Å²) in [6.07, 6.45) is 1.68. The number of aryl methyl sites for hydroxylation is 1. The molecule has 1 fully saturated rings. The van der Waals surface area contributed by atoms with E-state index >= 15 is 0 Å². The average Bonchev–Trinajstić information content (AvgIpc) is 2.66. The summed E-state index contributed by atoms with van der Waals surface area (Å²) in [6, 6.07) is 3.44. The van der Waals surface area contributed by atoms with Crippen molar-refractivity contribution in [3.8, 4) is 5.75 Å². The highest BCUT2D eigenvalue weighted by Crippen LogP contribution is 2.31. The van der Waals surface area contributed by atoms with Gasteiger partial charge in [0.05, 0.1) is 17.9 Å². The van der Waals surface area contributed by atoms with Crippen LogP contribution in [0.3, 0.4) is 0 Å². The smallest absolute Gasteiger partial charge is 0.253 e. The third-order valence-corrected chi connectivity index (χ3v) is 5.29. The van der Waals surface area contributed by atoms with Crippen LogP contribution in [-0.2, 0) is 15.7 Å². The molecule has 0 bridgehead atoms. The molecular formula is C19H30N4O5S. The van der Waals surface area contributed by atoms with Crippen molar-refractivity contribution in [2.24, 2.45) is 5.92 Å². The molecule has 29 heavy (non-hydrogen) atoms. The molecule has 1 aromatic rings. The second-order valence-electron chi connectivity index (χ2n) is 7.75. The molecule has 162 valence electrons. The number of likely N-dealkylation sites (tertiary alicyclic amines) is 1. The zero-order valence-electron chi connectivity index (χ0n) is 17.2. The zero-order chi connectivity index (χ0) is 21.8. The summed E-state index contributed by atoms with van der Waals surface area (Å²) in [5.41, 5.74) is -0.0943. The van der Waals surface area contributed by atoms with E-state index in [1.807, 2.05) is 0 Å². The van der Waals surface area contributed by atoms with Gasteiger partial charge in [-0.1, -0.05) is 6.07 Å². The number of carbonyl (C=O) groups is 1. The number of amides is 1. The van der Waals surface area contributed by atoms with Crippen LogP contribution in [0.25, 0.3) is 0 Å². The number of nitrogens with zero attached hydrogens (tertiary/aromatic N) is 1. The molecule has 2 rings (SSSR count). The molecule has 1 saturated heterocycles. The molecule has 1 aliphatic heterocycles. The number of amidine groups is 1. The molecule has 0 spiro atoms. The molecule has 4 N–H and O–H groups in total. The summed E-state index contributed by atoms with van der Waals surface area (Å²) in [4.78, 5) is 14.0. The average molecular weight is 427 g/mol. The van der Waals surface area contributed by atoms with E-state index in [2.05, 4.69) is 10.0 Å². The van der Waals surface area contributed by atoms with Crippen molar-refractivity contribution in [3.05, 3.63) is 23.3 Å². The minimum atomic E-state index is -2.90. The lowest BCUT2D eigenvalue weighted by Gasteiger charge is -2.35. The van der Waals surface area contributed by atoms with Gasteiger partial charge in [-0.05, 0) is 45.2 Å². The Hall–Kier alpha value is -2.33. The SMILES string of the molecule is CNC(=N)c1c(OC[C@H]2CCCN(C(=O)C(C)(C)O)C2)ccc(C)c1N[SH](=O)=O. The Labute approximate surface area is 173 Å². The summed E-state index contributed by atoms with van der Waals surface area (Å²) in [6.45, 7) is 6.10. The number of hydrogen-bond donors (Lipinski definition) is 5. The van der Waals surface area contributed by atoms with Gasteiger partial charge in [-0.3, -0.25) is 14.9 Å². The largest absolute Gasteiger partial charge is 0.492 e. The van der Waals surface area contributed by atoms with E-state index in [9.17, 15) is 18.3 Å². The predicted octanol–water partition coefficient (Wildman–Crippen LogP) is 0.866. The third-order valence-electron chi connectivity index (χ3n) is 4.88. The molecule has 0 saturated carbocycles. The number of hydrogen-bond acceptors (Lipinski definition) is 6. The molecule has 1 aliphatic rings. The highest BCUT2D eigenvalue weighted by molar-refractivity contribution is 7.73. The number of ether oxygens (including phenoxy) is 1. The molecule has 0 unspecified atom stereocenters. The zero-order valence-corrected chi connectivity index (χ0v) is 18.1. The lowest BCUT2D eigenvalue weighted by atomic mass is 9.97.